The first kappa shape index (κ1) is 15.7. The van der Waals surface area contributed by atoms with Crippen LogP contribution in [0.3, 0.4) is 0 Å². The summed E-state index contributed by atoms with van der Waals surface area (Å²) < 4.78 is 4.68. The second kappa shape index (κ2) is 5.62. The Morgan fingerprint density at radius 1 is 1.24 bits per heavy atom. The molecule has 21 heavy (non-hydrogen) atoms. The molecule has 1 fully saturated rings. The van der Waals surface area contributed by atoms with Crippen LogP contribution in [-0.4, -0.2) is 29.1 Å². The van der Waals surface area contributed by atoms with E-state index in [1.165, 1.54) is 19.7 Å². The first-order chi connectivity index (χ1) is 9.71. The highest BCUT2D eigenvalue weighted by molar-refractivity contribution is 5.87. The summed E-state index contributed by atoms with van der Waals surface area (Å²) in [5.41, 5.74) is 0.830. The number of esters is 1. The van der Waals surface area contributed by atoms with Gasteiger partial charge in [-0.05, 0) is 30.1 Å². The predicted molar refractivity (Wildman–Crippen MR) is 82.2 cm³/mol. The number of carbonyl (C=O) groups excluding carboxylic acids is 1. The van der Waals surface area contributed by atoms with Gasteiger partial charge in [-0.2, -0.15) is 0 Å². The SMILES string of the molecule is COC(=O)c1cncc(NC2CC(C)(C)CC(C)(C)C2)n1. The first-order valence-corrected chi connectivity index (χ1v) is 7.38. The van der Waals surface area contributed by atoms with Crippen LogP contribution in [0.25, 0.3) is 0 Å². The molecule has 1 aliphatic carbocycles. The van der Waals surface area contributed by atoms with E-state index in [2.05, 4.69) is 47.7 Å². The lowest BCUT2D eigenvalue weighted by Crippen LogP contribution is -2.40. The fourth-order valence-electron chi connectivity index (χ4n) is 3.80. The van der Waals surface area contributed by atoms with Crippen molar-refractivity contribution in [1.29, 1.82) is 0 Å². The Morgan fingerprint density at radius 3 is 2.43 bits per heavy atom. The molecule has 0 aliphatic heterocycles. The number of hydrogen-bond donors (Lipinski definition) is 1. The minimum atomic E-state index is -0.463. The molecule has 116 valence electrons. The van der Waals surface area contributed by atoms with Gasteiger partial charge in [0.2, 0.25) is 0 Å². The molecule has 5 nitrogen and oxygen atoms in total. The van der Waals surface area contributed by atoms with Crippen LogP contribution in [0.15, 0.2) is 12.4 Å². The molecule has 5 heteroatoms. The van der Waals surface area contributed by atoms with E-state index in [4.69, 9.17) is 0 Å². The van der Waals surface area contributed by atoms with E-state index >= 15 is 0 Å². The number of aromatic nitrogens is 2. The van der Waals surface area contributed by atoms with Gasteiger partial charge < -0.3 is 10.1 Å². The highest BCUT2D eigenvalue weighted by Gasteiger charge is 2.38. The Balaban J connectivity index is 2.12. The third kappa shape index (κ3) is 4.16. The largest absolute Gasteiger partial charge is 0.464 e. The number of nitrogens with one attached hydrogen (secondary N) is 1. The molecule has 0 unspecified atom stereocenters. The second-order valence-corrected chi connectivity index (χ2v) is 7.54. The highest BCUT2D eigenvalue weighted by Crippen LogP contribution is 2.46. The van der Waals surface area contributed by atoms with Crippen LogP contribution < -0.4 is 5.32 Å². The third-order valence-electron chi connectivity index (χ3n) is 3.94. The molecule has 1 heterocycles. The van der Waals surface area contributed by atoms with Gasteiger partial charge in [0, 0.05) is 6.04 Å². The van der Waals surface area contributed by atoms with Crippen LogP contribution in [0.2, 0.25) is 0 Å². The van der Waals surface area contributed by atoms with Gasteiger partial charge in [-0.25, -0.2) is 9.78 Å². The van der Waals surface area contributed by atoms with E-state index in [-0.39, 0.29) is 5.69 Å². The average molecular weight is 291 g/mol. The monoisotopic (exact) mass is 291 g/mol. The zero-order valence-electron chi connectivity index (χ0n) is 13.6. The van der Waals surface area contributed by atoms with Crippen LogP contribution >= 0.6 is 0 Å². The summed E-state index contributed by atoms with van der Waals surface area (Å²) in [6.45, 7) is 9.22. The Bertz CT molecular complexity index is 510. The summed E-state index contributed by atoms with van der Waals surface area (Å²) in [5, 5.41) is 3.43. The second-order valence-electron chi connectivity index (χ2n) is 7.54. The number of hydrogen-bond acceptors (Lipinski definition) is 5. The normalized spacial score (nSPS) is 20.8. The fraction of sp³-hybridized carbons (Fsp3) is 0.688. The number of nitrogens with zero attached hydrogens (tertiary/aromatic N) is 2. The molecule has 0 radical (unpaired) electrons. The van der Waals surface area contributed by atoms with E-state index in [1.54, 1.807) is 6.20 Å². The van der Waals surface area contributed by atoms with Crippen molar-refractivity contribution in [3.63, 3.8) is 0 Å². The molecule has 1 aromatic rings. The van der Waals surface area contributed by atoms with E-state index in [0.29, 0.717) is 22.7 Å². The maximum Gasteiger partial charge on any atom is 0.358 e. The lowest BCUT2D eigenvalue weighted by atomic mass is 9.63. The van der Waals surface area contributed by atoms with Crippen LogP contribution in [0.5, 0.6) is 0 Å². The maximum absolute atomic E-state index is 11.5. The molecule has 0 aromatic carbocycles. The van der Waals surface area contributed by atoms with Crippen molar-refractivity contribution >= 4 is 11.8 Å². The number of anilines is 1. The minimum absolute atomic E-state index is 0.233. The predicted octanol–water partition coefficient (Wildman–Crippen LogP) is 3.28. The Hall–Kier alpha value is -1.65. The number of methoxy groups -OCH3 is 1. The fourth-order valence-corrected chi connectivity index (χ4v) is 3.80. The highest BCUT2D eigenvalue weighted by atomic mass is 16.5. The van der Waals surface area contributed by atoms with Gasteiger partial charge in [-0.15, -0.1) is 0 Å². The van der Waals surface area contributed by atoms with Gasteiger partial charge in [-0.3, -0.25) is 4.98 Å². The molecule has 0 spiro atoms. The summed E-state index contributed by atoms with van der Waals surface area (Å²) in [6, 6.07) is 0.339. The van der Waals surface area contributed by atoms with E-state index in [0.717, 1.165) is 12.8 Å². The van der Waals surface area contributed by atoms with Crippen molar-refractivity contribution in [1.82, 2.24) is 9.97 Å². The van der Waals surface area contributed by atoms with Crippen molar-refractivity contribution in [2.45, 2.75) is 53.0 Å². The standard InChI is InChI=1S/C16H25N3O2/c1-15(2)6-11(7-16(3,4)10-15)18-13-9-17-8-12(19-13)14(20)21-5/h8-9,11H,6-7,10H2,1-5H3,(H,18,19). The maximum atomic E-state index is 11.5. The zero-order valence-corrected chi connectivity index (χ0v) is 13.6. The molecular formula is C16H25N3O2. The summed E-state index contributed by atoms with van der Waals surface area (Å²) in [7, 11) is 1.34. The quantitative estimate of drug-likeness (QED) is 0.866. The van der Waals surface area contributed by atoms with Crippen LogP contribution in [0.1, 0.15) is 57.4 Å². The number of carbonyl (C=O) groups is 1. The Morgan fingerprint density at radius 2 is 1.86 bits per heavy atom. The van der Waals surface area contributed by atoms with Crippen LogP contribution in [-0.2, 0) is 4.74 Å². The molecule has 1 aromatic heterocycles. The summed E-state index contributed by atoms with van der Waals surface area (Å²) in [6.07, 6.45) is 6.46. The zero-order chi connectivity index (χ0) is 15.7. The van der Waals surface area contributed by atoms with Gasteiger partial charge in [0.15, 0.2) is 5.69 Å². The van der Waals surface area contributed by atoms with Crippen molar-refractivity contribution in [2.75, 3.05) is 12.4 Å². The lowest BCUT2D eigenvalue weighted by Gasteiger charge is -2.45. The Kier molecular flexibility index (Phi) is 4.21. The summed E-state index contributed by atoms with van der Waals surface area (Å²) in [4.78, 5) is 19.9. The van der Waals surface area contributed by atoms with Gasteiger partial charge in [0.1, 0.15) is 5.82 Å². The third-order valence-corrected chi connectivity index (χ3v) is 3.94. The van der Waals surface area contributed by atoms with Crippen LogP contribution in [0, 0.1) is 10.8 Å². The van der Waals surface area contributed by atoms with Gasteiger partial charge >= 0.3 is 5.97 Å². The molecule has 1 N–H and O–H groups in total. The van der Waals surface area contributed by atoms with Crippen LogP contribution in [0.4, 0.5) is 5.82 Å². The minimum Gasteiger partial charge on any atom is -0.464 e. The molecule has 0 amide bonds. The van der Waals surface area contributed by atoms with Crippen molar-refractivity contribution in [2.24, 2.45) is 10.8 Å². The molecule has 1 aliphatic rings. The number of rotatable bonds is 3. The lowest BCUT2D eigenvalue weighted by molar-refractivity contribution is 0.0593. The topological polar surface area (TPSA) is 64.1 Å². The Labute approximate surface area is 126 Å². The molecule has 1 saturated carbocycles. The van der Waals surface area contributed by atoms with Crippen molar-refractivity contribution < 1.29 is 9.53 Å². The number of ether oxygens (including phenoxy) is 1. The van der Waals surface area contributed by atoms with E-state index in [9.17, 15) is 4.79 Å². The molecule has 0 saturated heterocycles. The van der Waals surface area contributed by atoms with Crippen molar-refractivity contribution in [3.8, 4) is 0 Å². The molecule has 0 bridgehead atoms. The summed E-state index contributed by atoms with van der Waals surface area (Å²) >= 11 is 0. The molecule has 2 rings (SSSR count). The average Bonchev–Trinajstić information content (AvgIpc) is 2.34. The summed E-state index contributed by atoms with van der Waals surface area (Å²) in [5.74, 6) is 0.173. The molecule has 0 atom stereocenters. The van der Waals surface area contributed by atoms with Crippen molar-refractivity contribution in [3.05, 3.63) is 18.1 Å². The van der Waals surface area contributed by atoms with E-state index in [1.807, 2.05) is 0 Å². The smallest absolute Gasteiger partial charge is 0.358 e. The van der Waals surface area contributed by atoms with Gasteiger partial charge in [-0.1, -0.05) is 27.7 Å². The van der Waals surface area contributed by atoms with E-state index < -0.39 is 5.97 Å². The van der Waals surface area contributed by atoms with Gasteiger partial charge in [0.25, 0.3) is 0 Å². The van der Waals surface area contributed by atoms with Gasteiger partial charge in [0.05, 0.1) is 19.5 Å². The first-order valence-electron chi connectivity index (χ1n) is 7.38. The molecular weight excluding hydrogens is 266 g/mol.